The average molecular weight is 302 g/mol. The molecule has 3 rings (SSSR count). The first kappa shape index (κ1) is 14.2. The summed E-state index contributed by atoms with van der Waals surface area (Å²) in [4.78, 5) is 20.6. The van der Waals surface area contributed by atoms with Crippen molar-refractivity contribution >= 4 is 17.3 Å². The number of nitrogens with zero attached hydrogens (tertiary/aromatic N) is 2. The minimum atomic E-state index is -0.126. The molecule has 0 spiro atoms. The molecule has 0 aliphatic carbocycles. The number of nitrogens with one attached hydrogen (secondary N) is 2. The van der Waals surface area contributed by atoms with Crippen molar-refractivity contribution in [3.05, 3.63) is 30.4 Å². The van der Waals surface area contributed by atoms with Crippen LogP contribution in [0.25, 0.3) is 0 Å². The van der Waals surface area contributed by atoms with Crippen LogP contribution in [0.15, 0.2) is 24.7 Å². The van der Waals surface area contributed by atoms with Gasteiger partial charge in [0.1, 0.15) is 6.61 Å². The largest absolute Gasteiger partial charge is 0.493 e. The molecule has 22 heavy (non-hydrogen) atoms. The van der Waals surface area contributed by atoms with Crippen molar-refractivity contribution < 1.29 is 14.3 Å². The summed E-state index contributed by atoms with van der Waals surface area (Å²) in [6, 6.07) is 3.66. The van der Waals surface area contributed by atoms with Gasteiger partial charge in [0.25, 0.3) is 0 Å². The van der Waals surface area contributed by atoms with Crippen molar-refractivity contribution in [1.82, 2.24) is 9.97 Å². The highest BCUT2D eigenvalue weighted by Crippen LogP contribution is 2.43. The van der Waals surface area contributed by atoms with Crippen molar-refractivity contribution in [2.24, 2.45) is 0 Å². The lowest BCUT2D eigenvalue weighted by Gasteiger charge is -2.32. The normalized spacial score (nSPS) is 13.3. The predicted octanol–water partition coefficient (Wildman–Crippen LogP) is 1.78. The third-order valence-electron chi connectivity index (χ3n) is 3.44. The van der Waals surface area contributed by atoms with Crippen LogP contribution in [0.3, 0.4) is 0 Å². The molecular formula is C15H18N4O3. The van der Waals surface area contributed by atoms with Crippen LogP contribution in [0.2, 0.25) is 0 Å². The molecule has 0 saturated heterocycles. The molecule has 116 valence electrons. The number of hydrogen-bond donors (Lipinski definition) is 2. The molecule has 1 aromatic heterocycles. The summed E-state index contributed by atoms with van der Waals surface area (Å²) in [5.74, 6) is 1.18. The zero-order valence-corrected chi connectivity index (χ0v) is 12.5. The molecule has 7 nitrogen and oxygen atoms in total. The Morgan fingerprint density at radius 2 is 2.41 bits per heavy atom. The van der Waals surface area contributed by atoms with Gasteiger partial charge in [-0.3, -0.25) is 4.79 Å². The Hall–Kier alpha value is -2.70. The molecule has 1 aromatic carbocycles. The smallest absolute Gasteiger partial charge is 0.221 e. The van der Waals surface area contributed by atoms with Crippen molar-refractivity contribution in [3.8, 4) is 11.5 Å². The van der Waals surface area contributed by atoms with Gasteiger partial charge in [0.05, 0.1) is 37.9 Å². The van der Waals surface area contributed by atoms with Gasteiger partial charge in [-0.05, 0) is 6.07 Å². The summed E-state index contributed by atoms with van der Waals surface area (Å²) in [6.07, 6.45) is 3.45. The van der Waals surface area contributed by atoms with Crippen molar-refractivity contribution in [3.63, 3.8) is 0 Å². The van der Waals surface area contributed by atoms with Crippen LogP contribution >= 0.6 is 0 Å². The summed E-state index contributed by atoms with van der Waals surface area (Å²) in [5.41, 5.74) is 2.59. The lowest BCUT2D eigenvalue weighted by molar-refractivity contribution is -0.114. The number of carbonyl (C=O) groups excluding carboxylic acids is 1. The third kappa shape index (κ3) is 2.83. The van der Waals surface area contributed by atoms with Crippen molar-refractivity contribution in [2.45, 2.75) is 13.5 Å². The summed E-state index contributed by atoms with van der Waals surface area (Å²) in [7, 11) is 1.59. The number of rotatable bonds is 4. The van der Waals surface area contributed by atoms with Crippen LogP contribution in [-0.2, 0) is 11.3 Å². The van der Waals surface area contributed by atoms with Gasteiger partial charge in [-0.2, -0.15) is 0 Å². The Morgan fingerprint density at radius 1 is 1.55 bits per heavy atom. The Morgan fingerprint density at radius 3 is 3.09 bits per heavy atom. The van der Waals surface area contributed by atoms with E-state index >= 15 is 0 Å². The first-order valence-corrected chi connectivity index (χ1v) is 7.02. The van der Waals surface area contributed by atoms with Crippen LogP contribution in [0.1, 0.15) is 12.6 Å². The van der Waals surface area contributed by atoms with E-state index in [0.29, 0.717) is 30.3 Å². The molecule has 0 radical (unpaired) electrons. The molecule has 1 aliphatic rings. The lowest BCUT2D eigenvalue weighted by atomic mass is 10.2. The van der Waals surface area contributed by atoms with Gasteiger partial charge in [-0.25, -0.2) is 4.98 Å². The highest BCUT2D eigenvalue weighted by molar-refractivity contribution is 5.90. The fourth-order valence-electron chi connectivity index (χ4n) is 2.51. The maximum absolute atomic E-state index is 11.3. The number of anilines is 2. The number of hydrogen-bond acceptors (Lipinski definition) is 5. The Labute approximate surface area is 128 Å². The number of aromatic amines is 1. The highest BCUT2D eigenvalue weighted by Gasteiger charge is 2.23. The van der Waals surface area contributed by atoms with Crippen LogP contribution in [0.5, 0.6) is 11.5 Å². The fraction of sp³-hybridized carbons (Fsp3) is 0.333. The molecular weight excluding hydrogens is 284 g/mol. The van der Waals surface area contributed by atoms with E-state index in [9.17, 15) is 4.79 Å². The number of imidazole rings is 1. The van der Waals surface area contributed by atoms with Gasteiger partial charge >= 0.3 is 0 Å². The molecule has 0 saturated carbocycles. The molecule has 0 atom stereocenters. The first-order valence-electron chi connectivity index (χ1n) is 7.02. The van der Waals surface area contributed by atoms with E-state index in [-0.39, 0.29) is 5.91 Å². The van der Waals surface area contributed by atoms with Crippen LogP contribution in [-0.4, -0.2) is 36.1 Å². The number of ether oxygens (including phenoxy) is 2. The van der Waals surface area contributed by atoms with E-state index in [1.54, 1.807) is 25.7 Å². The van der Waals surface area contributed by atoms with E-state index in [1.807, 2.05) is 6.07 Å². The zero-order valence-electron chi connectivity index (χ0n) is 12.5. The maximum atomic E-state index is 11.3. The summed E-state index contributed by atoms with van der Waals surface area (Å²) >= 11 is 0. The molecule has 2 aromatic rings. The minimum Gasteiger partial charge on any atom is -0.493 e. The van der Waals surface area contributed by atoms with Gasteiger partial charge in [-0.1, -0.05) is 0 Å². The summed E-state index contributed by atoms with van der Waals surface area (Å²) < 4.78 is 11.1. The number of amides is 1. The maximum Gasteiger partial charge on any atom is 0.221 e. The second-order valence-corrected chi connectivity index (χ2v) is 5.05. The molecule has 1 amide bonds. The molecule has 7 heteroatoms. The van der Waals surface area contributed by atoms with Crippen LogP contribution < -0.4 is 19.7 Å². The zero-order chi connectivity index (χ0) is 15.5. The second-order valence-electron chi connectivity index (χ2n) is 5.05. The Bertz CT molecular complexity index is 670. The van der Waals surface area contributed by atoms with Crippen molar-refractivity contribution in [1.29, 1.82) is 0 Å². The first-order chi connectivity index (χ1) is 10.7. The molecule has 1 aliphatic heterocycles. The van der Waals surface area contributed by atoms with E-state index < -0.39 is 0 Å². The standard InChI is InChI=1S/C15H18N4O3/c1-10(20)18-11-5-13-15(14(6-11)21-2)22-4-3-19(13)8-12-7-16-9-17-12/h5-7,9H,3-4,8H2,1-2H3,(H,16,17)(H,18,20). The number of H-pyrrole nitrogens is 1. The lowest BCUT2D eigenvalue weighted by Crippen LogP contribution is -2.32. The van der Waals surface area contributed by atoms with Crippen molar-refractivity contribution in [2.75, 3.05) is 30.5 Å². The van der Waals surface area contributed by atoms with Gasteiger partial charge in [-0.15, -0.1) is 0 Å². The van der Waals surface area contributed by atoms with Crippen LogP contribution in [0, 0.1) is 0 Å². The number of fused-ring (bicyclic) bond motifs is 1. The highest BCUT2D eigenvalue weighted by atomic mass is 16.5. The predicted molar refractivity (Wildman–Crippen MR) is 82.4 cm³/mol. The number of methoxy groups -OCH3 is 1. The van der Waals surface area contributed by atoms with Gasteiger partial charge < -0.3 is 24.7 Å². The molecule has 0 bridgehead atoms. The molecule has 0 unspecified atom stereocenters. The topological polar surface area (TPSA) is 79.5 Å². The van der Waals surface area contributed by atoms with E-state index in [2.05, 4.69) is 20.2 Å². The van der Waals surface area contributed by atoms with E-state index in [0.717, 1.165) is 17.9 Å². The third-order valence-corrected chi connectivity index (χ3v) is 3.44. The number of aromatic nitrogens is 2. The minimum absolute atomic E-state index is 0.126. The van der Waals surface area contributed by atoms with Gasteiger partial charge in [0, 0.05) is 24.9 Å². The fourth-order valence-corrected chi connectivity index (χ4v) is 2.51. The van der Waals surface area contributed by atoms with Crippen LogP contribution in [0.4, 0.5) is 11.4 Å². The monoisotopic (exact) mass is 302 g/mol. The van der Waals surface area contributed by atoms with Gasteiger partial charge in [0.2, 0.25) is 5.91 Å². The molecule has 2 heterocycles. The summed E-state index contributed by atoms with van der Waals surface area (Å²) in [6.45, 7) is 3.49. The van der Waals surface area contributed by atoms with Gasteiger partial charge in [0.15, 0.2) is 11.5 Å². The molecule has 2 N–H and O–H groups in total. The number of benzene rings is 1. The van der Waals surface area contributed by atoms with E-state index in [4.69, 9.17) is 9.47 Å². The molecule has 0 fully saturated rings. The summed E-state index contributed by atoms with van der Waals surface area (Å²) in [5, 5.41) is 2.79. The average Bonchev–Trinajstić information content (AvgIpc) is 2.99. The second kappa shape index (κ2) is 5.97. The van der Waals surface area contributed by atoms with E-state index in [1.165, 1.54) is 6.92 Å². The Balaban J connectivity index is 1.97. The quantitative estimate of drug-likeness (QED) is 0.900. The Kier molecular flexibility index (Phi) is 3.86. The number of carbonyl (C=O) groups is 1. The SMILES string of the molecule is COc1cc(NC(C)=O)cc2c1OCCN2Cc1cnc[nH]1.